The van der Waals surface area contributed by atoms with Gasteiger partial charge < -0.3 is 9.64 Å². The van der Waals surface area contributed by atoms with Gasteiger partial charge in [0.15, 0.2) is 0 Å². The van der Waals surface area contributed by atoms with E-state index in [0.29, 0.717) is 18.7 Å². The number of hydrogen-bond donors (Lipinski definition) is 0. The number of ether oxygens (including phenoxy) is 1. The van der Waals surface area contributed by atoms with Crippen molar-refractivity contribution in [3.05, 3.63) is 34.1 Å². The summed E-state index contributed by atoms with van der Waals surface area (Å²) in [6, 6.07) is 4.49. The van der Waals surface area contributed by atoms with E-state index in [2.05, 4.69) is 15.9 Å². The number of hydrogen-bond acceptors (Lipinski definition) is 2. The maximum absolute atomic E-state index is 13.4. The third kappa shape index (κ3) is 2.72. The van der Waals surface area contributed by atoms with Crippen LogP contribution in [0.1, 0.15) is 24.2 Å². The van der Waals surface area contributed by atoms with E-state index >= 15 is 0 Å². The second kappa shape index (κ2) is 5.36. The maximum atomic E-state index is 13.4. The predicted molar refractivity (Wildman–Crippen MR) is 70.0 cm³/mol. The molecule has 2 atom stereocenters. The van der Waals surface area contributed by atoms with Gasteiger partial charge in [0, 0.05) is 13.1 Å². The fraction of sp³-hybridized carbons (Fsp3) is 0.462. The first-order valence-corrected chi connectivity index (χ1v) is 6.67. The molecule has 0 radical (unpaired) electrons. The minimum atomic E-state index is -0.421. The summed E-state index contributed by atoms with van der Waals surface area (Å²) in [5, 5.41) is 0. The number of amides is 1. The van der Waals surface area contributed by atoms with Gasteiger partial charge in [0.05, 0.1) is 22.2 Å². The molecule has 0 bridgehead atoms. The Morgan fingerprint density at radius 2 is 2.00 bits per heavy atom. The average molecular weight is 316 g/mol. The summed E-state index contributed by atoms with van der Waals surface area (Å²) in [6.07, 6.45) is 0.00932. The molecule has 1 heterocycles. The zero-order chi connectivity index (χ0) is 13.3. The number of carbonyl (C=O) groups is 1. The second-order valence-electron chi connectivity index (χ2n) is 4.57. The Balaban J connectivity index is 2.23. The van der Waals surface area contributed by atoms with Gasteiger partial charge in [0.2, 0.25) is 0 Å². The third-order valence-corrected chi connectivity index (χ3v) is 3.69. The summed E-state index contributed by atoms with van der Waals surface area (Å²) in [7, 11) is 0. The third-order valence-electron chi connectivity index (χ3n) is 2.89. The molecule has 98 valence electrons. The smallest absolute Gasteiger partial charge is 0.255 e. The van der Waals surface area contributed by atoms with Crippen LogP contribution in [0, 0.1) is 5.82 Å². The highest BCUT2D eigenvalue weighted by Crippen LogP contribution is 2.23. The number of carbonyl (C=O) groups excluding carboxylic acids is 1. The Bertz CT molecular complexity index is 456. The molecule has 1 fully saturated rings. The molecule has 0 aliphatic carbocycles. The molecule has 0 spiro atoms. The zero-order valence-corrected chi connectivity index (χ0v) is 11.9. The molecule has 0 unspecified atom stereocenters. The van der Waals surface area contributed by atoms with E-state index in [0.717, 1.165) is 0 Å². The van der Waals surface area contributed by atoms with Crippen LogP contribution in [0.25, 0.3) is 0 Å². The van der Waals surface area contributed by atoms with Crippen molar-refractivity contribution in [2.75, 3.05) is 13.1 Å². The number of halogens is 2. The Labute approximate surface area is 114 Å². The summed E-state index contributed by atoms with van der Waals surface area (Å²) in [5.41, 5.74) is 0.358. The Hall–Kier alpha value is -0.940. The van der Waals surface area contributed by atoms with Gasteiger partial charge in [-0.3, -0.25) is 4.79 Å². The summed E-state index contributed by atoms with van der Waals surface area (Å²) in [5.74, 6) is -0.585. The standard InChI is InChI=1S/C13H15BrFNO2/c1-8-6-16(7-9(2)18-8)13(17)10-4-3-5-11(15)12(10)14/h3-5,8-9H,6-7H2,1-2H3/t8-,9+. The molecule has 18 heavy (non-hydrogen) atoms. The first-order valence-electron chi connectivity index (χ1n) is 5.87. The number of morpholine rings is 1. The topological polar surface area (TPSA) is 29.5 Å². The van der Waals surface area contributed by atoms with Gasteiger partial charge in [0.1, 0.15) is 5.82 Å². The first kappa shape index (κ1) is 13.5. The van der Waals surface area contributed by atoms with Crippen molar-refractivity contribution in [1.82, 2.24) is 4.90 Å². The Morgan fingerprint density at radius 1 is 1.39 bits per heavy atom. The van der Waals surface area contributed by atoms with Crippen LogP contribution in [-0.4, -0.2) is 36.1 Å². The molecule has 5 heteroatoms. The summed E-state index contributed by atoms with van der Waals surface area (Å²) in [4.78, 5) is 14.0. The molecule has 0 saturated carbocycles. The highest BCUT2D eigenvalue weighted by Gasteiger charge is 2.27. The van der Waals surface area contributed by atoms with Crippen LogP contribution in [0.4, 0.5) is 4.39 Å². The van der Waals surface area contributed by atoms with Gasteiger partial charge in [0.25, 0.3) is 5.91 Å². The Kier molecular flexibility index (Phi) is 4.02. The summed E-state index contributed by atoms with van der Waals surface area (Å²) in [6.45, 7) is 4.92. The molecule has 3 nitrogen and oxygen atoms in total. The van der Waals surface area contributed by atoms with Crippen LogP contribution in [0.3, 0.4) is 0 Å². The lowest BCUT2D eigenvalue weighted by Crippen LogP contribution is -2.48. The number of nitrogens with zero attached hydrogens (tertiary/aromatic N) is 1. The normalized spacial score (nSPS) is 24.1. The maximum Gasteiger partial charge on any atom is 0.255 e. The second-order valence-corrected chi connectivity index (χ2v) is 5.36. The lowest BCUT2D eigenvalue weighted by Gasteiger charge is -2.35. The van der Waals surface area contributed by atoms with Crippen LogP contribution in [0.15, 0.2) is 22.7 Å². The van der Waals surface area contributed by atoms with Crippen LogP contribution >= 0.6 is 15.9 Å². The molecule has 1 aromatic carbocycles. The molecule has 1 aliphatic heterocycles. The average Bonchev–Trinajstić information content (AvgIpc) is 2.30. The van der Waals surface area contributed by atoms with Crippen LogP contribution in [0.5, 0.6) is 0 Å². The van der Waals surface area contributed by atoms with Crippen molar-refractivity contribution in [3.63, 3.8) is 0 Å². The van der Waals surface area contributed by atoms with Gasteiger partial charge in [-0.05, 0) is 41.9 Å². The van der Waals surface area contributed by atoms with E-state index in [1.165, 1.54) is 6.07 Å². The minimum absolute atomic E-state index is 0.00466. The van der Waals surface area contributed by atoms with Crippen molar-refractivity contribution >= 4 is 21.8 Å². The van der Waals surface area contributed by atoms with E-state index < -0.39 is 5.82 Å². The van der Waals surface area contributed by atoms with Gasteiger partial charge >= 0.3 is 0 Å². The van der Waals surface area contributed by atoms with Gasteiger partial charge in [-0.2, -0.15) is 0 Å². The van der Waals surface area contributed by atoms with E-state index in [1.807, 2.05) is 13.8 Å². The highest BCUT2D eigenvalue weighted by atomic mass is 79.9. The molecule has 1 saturated heterocycles. The van der Waals surface area contributed by atoms with E-state index in [9.17, 15) is 9.18 Å². The van der Waals surface area contributed by atoms with E-state index in [1.54, 1.807) is 17.0 Å². The van der Waals surface area contributed by atoms with Crippen LogP contribution in [0.2, 0.25) is 0 Å². The van der Waals surface area contributed by atoms with Crippen molar-refractivity contribution in [2.45, 2.75) is 26.1 Å². The van der Waals surface area contributed by atoms with Crippen LogP contribution < -0.4 is 0 Å². The number of rotatable bonds is 1. The SMILES string of the molecule is C[C@@H]1CN(C(=O)c2cccc(F)c2Br)C[C@H](C)O1. The first-order chi connectivity index (χ1) is 8.49. The molecule has 1 aliphatic rings. The summed E-state index contributed by atoms with van der Waals surface area (Å²) >= 11 is 3.12. The van der Waals surface area contributed by atoms with Crippen molar-refractivity contribution < 1.29 is 13.9 Å². The Morgan fingerprint density at radius 3 is 2.61 bits per heavy atom. The number of benzene rings is 1. The van der Waals surface area contributed by atoms with Gasteiger partial charge in [-0.1, -0.05) is 6.07 Å². The molecule has 1 amide bonds. The predicted octanol–water partition coefficient (Wildman–Crippen LogP) is 2.84. The molecular weight excluding hydrogens is 301 g/mol. The van der Waals surface area contributed by atoms with Crippen molar-refractivity contribution in [3.8, 4) is 0 Å². The monoisotopic (exact) mass is 315 g/mol. The van der Waals surface area contributed by atoms with E-state index in [4.69, 9.17) is 4.74 Å². The van der Waals surface area contributed by atoms with Crippen molar-refractivity contribution in [2.24, 2.45) is 0 Å². The molecule has 0 aromatic heterocycles. The van der Waals surface area contributed by atoms with E-state index in [-0.39, 0.29) is 22.6 Å². The van der Waals surface area contributed by atoms with Gasteiger partial charge in [-0.25, -0.2) is 4.39 Å². The lowest BCUT2D eigenvalue weighted by atomic mass is 10.1. The summed E-state index contributed by atoms with van der Waals surface area (Å²) < 4.78 is 19.2. The van der Waals surface area contributed by atoms with Crippen LogP contribution in [-0.2, 0) is 4.74 Å². The molecule has 0 N–H and O–H groups in total. The molecule has 2 rings (SSSR count). The zero-order valence-electron chi connectivity index (χ0n) is 10.3. The quantitative estimate of drug-likeness (QED) is 0.797. The fourth-order valence-corrected chi connectivity index (χ4v) is 2.62. The van der Waals surface area contributed by atoms with Crippen molar-refractivity contribution in [1.29, 1.82) is 0 Å². The molecular formula is C13H15BrFNO2. The lowest BCUT2D eigenvalue weighted by molar-refractivity contribution is -0.0586. The molecule has 1 aromatic rings. The fourth-order valence-electron chi connectivity index (χ4n) is 2.18. The largest absolute Gasteiger partial charge is 0.372 e. The highest BCUT2D eigenvalue weighted by molar-refractivity contribution is 9.10. The minimum Gasteiger partial charge on any atom is -0.372 e. The van der Waals surface area contributed by atoms with Gasteiger partial charge in [-0.15, -0.1) is 0 Å².